The monoisotopic (exact) mass is 451 g/mol. The third-order valence-electron chi connectivity index (χ3n) is 3.37. The van der Waals surface area contributed by atoms with E-state index in [1.807, 2.05) is 13.8 Å². The quantitative estimate of drug-likeness (QED) is 0.392. The number of rotatable bonds is 5. The van der Waals surface area contributed by atoms with E-state index in [0.29, 0.717) is 15.8 Å². The molecule has 142 valence electrons. The fraction of sp³-hybridized carbons (Fsp3) is 0.222. The summed E-state index contributed by atoms with van der Waals surface area (Å²) in [6.45, 7) is 5.46. The van der Waals surface area contributed by atoms with Gasteiger partial charge in [0.05, 0.1) is 16.6 Å². The second kappa shape index (κ2) is 8.92. The Morgan fingerprint density at radius 3 is 2.59 bits per heavy atom. The number of benzene rings is 2. The lowest BCUT2D eigenvalue weighted by molar-refractivity contribution is -0.383. The van der Waals surface area contributed by atoms with E-state index in [9.17, 15) is 14.9 Å². The van der Waals surface area contributed by atoms with E-state index < -0.39 is 10.8 Å². The molecule has 0 aromatic heterocycles. The molecule has 2 rings (SSSR count). The number of nitrogens with one attached hydrogen (secondary N) is 2. The normalized spacial score (nSPS) is 10.4. The van der Waals surface area contributed by atoms with E-state index in [1.54, 1.807) is 37.3 Å². The van der Waals surface area contributed by atoms with E-state index >= 15 is 0 Å². The van der Waals surface area contributed by atoms with Crippen LogP contribution in [-0.4, -0.2) is 22.0 Å². The van der Waals surface area contributed by atoms with Crippen molar-refractivity contribution in [3.05, 3.63) is 62.1 Å². The highest BCUT2D eigenvalue weighted by molar-refractivity contribution is 9.10. The van der Waals surface area contributed by atoms with Gasteiger partial charge in [0.1, 0.15) is 11.4 Å². The Labute approximate surface area is 170 Å². The van der Waals surface area contributed by atoms with Gasteiger partial charge < -0.3 is 10.1 Å². The summed E-state index contributed by atoms with van der Waals surface area (Å²) in [7, 11) is 0. The molecule has 7 nitrogen and oxygen atoms in total. The van der Waals surface area contributed by atoms with Crippen molar-refractivity contribution in [3.63, 3.8) is 0 Å². The smallest absolute Gasteiger partial charge is 0.292 e. The number of hydrogen-bond acceptors (Lipinski definition) is 5. The van der Waals surface area contributed by atoms with Crippen LogP contribution < -0.4 is 15.4 Å². The number of carbonyl (C=O) groups excluding carboxylic acids is 1. The molecule has 2 aromatic rings. The maximum atomic E-state index is 12.6. The molecule has 2 aromatic carbocycles. The molecule has 27 heavy (non-hydrogen) atoms. The van der Waals surface area contributed by atoms with Crippen LogP contribution in [0.25, 0.3) is 0 Å². The summed E-state index contributed by atoms with van der Waals surface area (Å²) in [6.07, 6.45) is -0.113. The maximum absolute atomic E-state index is 12.6. The summed E-state index contributed by atoms with van der Waals surface area (Å²) in [5.41, 5.74) is 1.11. The van der Waals surface area contributed by atoms with Crippen LogP contribution in [0.2, 0.25) is 0 Å². The van der Waals surface area contributed by atoms with Gasteiger partial charge in [-0.25, -0.2) is 0 Å². The zero-order valence-electron chi connectivity index (χ0n) is 14.9. The minimum absolute atomic E-state index is 0.0533. The predicted octanol–water partition coefficient (Wildman–Crippen LogP) is 4.58. The van der Waals surface area contributed by atoms with Crippen LogP contribution in [0.3, 0.4) is 0 Å². The molecule has 0 fully saturated rings. The first kappa shape index (κ1) is 20.8. The lowest BCUT2D eigenvalue weighted by atomic mass is 10.2. The molecule has 0 heterocycles. The zero-order chi connectivity index (χ0) is 20.1. The van der Waals surface area contributed by atoms with Gasteiger partial charge >= 0.3 is 0 Å². The topological polar surface area (TPSA) is 93.5 Å². The molecule has 0 saturated heterocycles. The van der Waals surface area contributed by atoms with E-state index in [4.69, 9.17) is 17.0 Å². The summed E-state index contributed by atoms with van der Waals surface area (Å²) in [5, 5.41) is 16.4. The molecule has 0 saturated carbocycles. The van der Waals surface area contributed by atoms with Crippen molar-refractivity contribution in [1.29, 1.82) is 0 Å². The number of nitrogens with zero attached hydrogens (tertiary/aromatic N) is 1. The molecular weight excluding hydrogens is 434 g/mol. The average Bonchev–Trinajstić information content (AvgIpc) is 2.57. The minimum Gasteiger partial charge on any atom is -0.490 e. The number of anilines is 1. The number of amides is 1. The zero-order valence-corrected chi connectivity index (χ0v) is 17.3. The first-order chi connectivity index (χ1) is 12.7. The van der Waals surface area contributed by atoms with Gasteiger partial charge in [-0.3, -0.25) is 20.2 Å². The second-order valence-electron chi connectivity index (χ2n) is 5.99. The molecule has 0 unspecified atom stereocenters. The van der Waals surface area contributed by atoms with Crippen LogP contribution in [0.5, 0.6) is 5.75 Å². The largest absolute Gasteiger partial charge is 0.490 e. The van der Waals surface area contributed by atoms with E-state index in [0.717, 1.165) is 5.56 Å². The highest BCUT2D eigenvalue weighted by atomic mass is 79.9. The van der Waals surface area contributed by atoms with Gasteiger partial charge in [-0.15, -0.1) is 0 Å². The van der Waals surface area contributed by atoms with Crippen molar-refractivity contribution in [1.82, 2.24) is 5.32 Å². The lowest BCUT2D eigenvalue weighted by Crippen LogP contribution is -2.34. The fourth-order valence-corrected chi connectivity index (χ4v) is 2.82. The first-order valence-corrected chi connectivity index (χ1v) is 9.21. The minimum atomic E-state index is -0.511. The second-order valence-corrected chi connectivity index (χ2v) is 7.32. The van der Waals surface area contributed by atoms with Gasteiger partial charge in [0.2, 0.25) is 0 Å². The van der Waals surface area contributed by atoms with Gasteiger partial charge in [-0.2, -0.15) is 0 Å². The summed E-state index contributed by atoms with van der Waals surface area (Å²) in [6, 6.07) is 9.74. The molecule has 0 radical (unpaired) electrons. The van der Waals surface area contributed by atoms with Gasteiger partial charge in [-0.05, 0) is 62.8 Å². The van der Waals surface area contributed by atoms with Crippen molar-refractivity contribution >= 4 is 50.5 Å². The van der Waals surface area contributed by atoms with Crippen molar-refractivity contribution < 1.29 is 14.5 Å². The predicted molar refractivity (Wildman–Crippen MR) is 111 cm³/mol. The summed E-state index contributed by atoms with van der Waals surface area (Å²) >= 11 is 8.46. The lowest BCUT2D eigenvalue weighted by Gasteiger charge is -2.15. The summed E-state index contributed by atoms with van der Waals surface area (Å²) < 4.78 is 6.36. The number of halogens is 1. The standard InChI is InChI=1S/C18H18BrN3O4S/c1-10(2)26-16-7-5-12(19)9-13(16)17(23)21-18(27)20-14-6-4-11(3)8-15(14)22(24)25/h4-10H,1-3H3,(H2,20,21,23,27). The molecular formula is C18H18BrN3O4S. The van der Waals surface area contributed by atoms with Crippen LogP contribution in [0.15, 0.2) is 40.9 Å². The fourth-order valence-electron chi connectivity index (χ4n) is 2.26. The van der Waals surface area contributed by atoms with Crippen LogP contribution in [0, 0.1) is 17.0 Å². The van der Waals surface area contributed by atoms with Crippen molar-refractivity contribution in [2.45, 2.75) is 26.9 Å². The number of aryl methyl sites for hydroxylation is 1. The first-order valence-electron chi connectivity index (χ1n) is 8.01. The molecule has 0 aliphatic carbocycles. The van der Waals surface area contributed by atoms with Gasteiger partial charge in [0.15, 0.2) is 5.11 Å². The van der Waals surface area contributed by atoms with Crippen LogP contribution in [0.4, 0.5) is 11.4 Å². The van der Waals surface area contributed by atoms with Crippen LogP contribution >= 0.6 is 28.1 Å². The molecule has 0 atom stereocenters. The molecule has 2 N–H and O–H groups in total. The third-order valence-corrected chi connectivity index (χ3v) is 4.07. The Balaban J connectivity index is 2.19. The molecule has 0 aliphatic heterocycles. The highest BCUT2D eigenvalue weighted by Gasteiger charge is 2.18. The van der Waals surface area contributed by atoms with Gasteiger partial charge in [0, 0.05) is 10.5 Å². The molecule has 0 bridgehead atoms. The average molecular weight is 452 g/mol. The van der Waals surface area contributed by atoms with Crippen molar-refractivity contribution in [3.8, 4) is 5.75 Å². The van der Waals surface area contributed by atoms with Gasteiger partial charge in [0.25, 0.3) is 11.6 Å². The Kier molecular flexibility index (Phi) is 6.86. The number of carbonyl (C=O) groups is 1. The molecule has 0 spiro atoms. The summed E-state index contributed by atoms with van der Waals surface area (Å²) in [4.78, 5) is 23.3. The Morgan fingerprint density at radius 2 is 1.96 bits per heavy atom. The van der Waals surface area contributed by atoms with Crippen LogP contribution in [-0.2, 0) is 0 Å². The maximum Gasteiger partial charge on any atom is 0.292 e. The van der Waals surface area contributed by atoms with E-state index in [2.05, 4.69) is 26.6 Å². The van der Waals surface area contributed by atoms with E-state index in [1.165, 1.54) is 6.07 Å². The summed E-state index contributed by atoms with van der Waals surface area (Å²) in [5.74, 6) is -0.0750. The van der Waals surface area contributed by atoms with Crippen LogP contribution in [0.1, 0.15) is 29.8 Å². The Bertz CT molecular complexity index is 902. The number of nitro groups is 1. The Hall–Kier alpha value is -2.52. The SMILES string of the molecule is Cc1ccc(NC(=S)NC(=O)c2cc(Br)ccc2OC(C)C)c([N+](=O)[O-])c1. The van der Waals surface area contributed by atoms with Crippen molar-refractivity contribution in [2.75, 3.05) is 5.32 Å². The molecule has 9 heteroatoms. The van der Waals surface area contributed by atoms with Crippen molar-refractivity contribution in [2.24, 2.45) is 0 Å². The number of nitro benzene ring substituents is 1. The van der Waals surface area contributed by atoms with Gasteiger partial charge in [-0.1, -0.05) is 22.0 Å². The third kappa shape index (κ3) is 5.73. The number of ether oxygens (including phenoxy) is 1. The molecule has 0 aliphatic rings. The number of thiocarbonyl (C=S) groups is 1. The number of hydrogen-bond donors (Lipinski definition) is 2. The highest BCUT2D eigenvalue weighted by Crippen LogP contribution is 2.26. The molecule has 1 amide bonds. The van der Waals surface area contributed by atoms with E-state index in [-0.39, 0.29) is 22.6 Å². The Morgan fingerprint density at radius 1 is 1.26 bits per heavy atom.